The predicted octanol–water partition coefficient (Wildman–Crippen LogP) is 2.74. The van der Waals surface area contributed by atoms with Crippen LogP contribution in [0.1, 0.15) is 28.9 Å². The SMILES string of the molecule is COc1ccc(C(=O)OCC(=O)N[C@H](C)c2ccc(OC)cc2)cc1. The molecule has 0 spiro atoms. The van der Waals surface area contributed by atoms with Crippen LogP contribution in [-0.4, -0.2) is 32.7 Å². The number of hydrogen-bond acceptors (Lipinski definition) is 5. The standard InChI is InChI=1S/C19H21NO5/c1-13(14-4-8-16(23-2)9-5-14)20-18(21)12-25-19(22)15-6-10-17(24-3)11-7-15/h4-11,13H,12H2,1-3H3,(H,20,21)/t13-/m1/s1. The number of hydrogen-bond donors (Lipinski definition) is 1. The Morgan fingerprint density at radius 2 is 1.44 bits per heavy atom. The second-order valence-corrected chi connectivity index (χ2v) is 5.37. The molecule has 25 heavy (non-hydrogen) atoms. The van der Waals surface area contributed by atoms with Gasteiger partial charge in [-0.2, -0.15) is 0 Å². The van der Waals surface area contributed by atoms with Crippen molar-refractivity contribution in [3.63, 3.8) is 0 Å². The highest BCUT2D eigenvalue weighted by Crippen LogP contribution is 2.17. The zero-order valence-corrected chi connectivity index (χ0v) is 14.4. The summed E-state index contributed by atoms with van der Waals surface area (Å²) in [5, 5.41) is 2.78. The molecular formula is C19H21NO5. The minimum absolute atomic E-state index is 0.210. The van der Waals surface area contributed by atoms with Gasteiger partial charge in [-0.15, -0.1) is 0 Å². The first kappa shape index (κ1) is 18.3. The van der Waals surface area contributed by atoms with Crippen LogP contribution in [0.3, 0.4) is 0 Å². The second kappa shape index (κ2) is 8.73. The van der Waals surface area contributed by atoms with Crippen molar-refractivity contribution in [2.75, 3.05) is 20.8 Å². The van der Waals surface area contributed by atoms with E-state index >= 15 is 0 Å². The van der Waals surface area contributed by atoms with Gasteiger partial charge in [0.25, 0.3) is 5.91 Å². The summed E-state index contributed by atoms with van der Waals surface area (Å²) in [6.45, 7) is 1.51. The van der Waals surface area contributed by atoms with Gasteiger partial charge in [0.1, 0.15) is 11.5 Å². The lowest BCUT2D eigenvalue weighted by atomic mass is 10.1. The first-order valence-electron chi connectivity index (χ1n) is 7.78. The van der Waals surface area contributed by atoms with Gasteiger partial charge in [-0.1, -0.05) is 12.1 Å². The molecule has 0 aliphatic carbocycles. The fourth-order valence-electron chi connectivity index (χ4n) is 2.20. The maximum atomic E-state index is 12.0. The molecule has 0 saturated carbocycles. The Labute approximate surface area is 146 Å². The zero-order valence-electron chi connectivity index (χ0n) is 14.4. The lowest BCUT2D eigenvalue weighted by Gasteiger charge is -2.15. The van der Waals surface area contributed by atoms with E-state index in [1.54, 1.807) is 38.5 Å². The van der Waals surface area contributed by atoms with E-state index in [1.807, 2.05) is 31.2 Å². The molecule has 0 heterocycles. The van der Waals surface area contributed by atoms with Crippen molar-refractivity contribution in [2.24, 2.45) is 0 Å². The molecule has 6 heteroatoms. The third-order valence-corrected chi connectivity index (χ3v) is 3.65. The van der Waals surface area contributed by atoms with Crippen molar-refractivity contribution >= 4 is 11.9 Å². The smallest absolute Gasteiger partial charge is 0.338 e. The van der Waals surface area contributed by atoms with Crippen molar-refractivity contribution in [2.45, 2.75) is 13.0 Å². The van der Waals surface area contributed by atoms with E-state index in [9.17, 15) is 9.59 Å². The highest BCUT2D eigenvalue weighted by Gasteiger charge is 2.13. The second-order valence-electron chi connectivity index (χ2n) is 5.37. The maximum Gasteiger partial charge on any atom is 0.338 e. The van der Waals surface area contributed by atoms with Crippen LogP contribution in [0.4, 0.5) is 0 Å². The topological polar surface area (TPSA) is 73.9 Å². The molecule has 0 unspecified atom stereocenters. The van der Waals surface area contributed by atoms with E-state index in [0.717, 1.165) is 11.3 Å². The zero-order chi connectivity index (χ0) is 18.2. The van der Waals surface area contributed by atoms with E-state index in [1.165, 1.54) is 0 Å². The summed E-state index contributed by atoms with van der Waals surface area (Å²) < 4.78 is 15.1. The van der Waals surface area contributed by atoms with Crippen molar-refractivity contribution in [3.8, 4) is 11.5 Å². The quantitative estimate of drug-likeness (QED) is 0.783. The first-order valence-corrected chi connectivity index (χ1v) is 7.78. The number of ether oxygens (including phenoxy) is 3. The summed E-state index contributed by atoms with van der Waals surface area (Å²) in [7, 11) is 3.14. The number of methoxy groups -OCH3 is 2. The Balaban J connectivity index is 1.83. The molecule has 132 valence electrons. The van der Waals surface area contributed by atoms with Gasteiger partial charge in [0.05, 0.1) is 25.8 Å². The van der Waals surface area contributed by atoms with Crippen molar-refractivity contribution < 1.29 is 23.8 Å². The van der Waals surface area contributed by atoms with E-state index in [2.05, 4.69) is 5.32 Å². The monoisotopic (exact) mass is 343 g/mol. The molecule has 1 N–H and O–H groups in total. The van der Waals surface area contributed by atoms with Crippen LogP contribution in [0.15, 0.2) is 48.5 Å². The van der Waals surface area contributed by atoms with Crippen LogP contribution < -0.4 is 14.8 Å². The first-order chi connectivity index (χ1) is 12.0. The molecule has 0 radical (unpaired) electrons. The number of carbonyl (C=O) groups is 2. The highest BCUT2D eigenvalue weighted by molar-refractivity contribution is 5.91. The van der Waals surface area contributed by atoms with Crippen LogP contribution in [0.25, 0.3) is 0 Å². The van der Waals surface area contributed by atoms with Gasteiger partial charge >= 0.3 is 5.97 Å². The Hall–Kier alpha value is -3.02. The Morgan fingerprint density at radius 1 is 0.920 bits per heavy atom. The van der Waals surface area contributed by atoms with Gasteiger partial charge in [-0.05, 0) is 48.9 Å². The average molecular weight is 343 g/mol. The summed E-state index contributed by atoms with van der Waals surface area (Å²) in [6.07, 6.45) is 0. The van der Waals surface area contributed by atoms with E-state index in [-0.39, 0.29) is 18.6 Å². The highest BCUT2D eigenvalue weighted by atomic mass is 16.5. The van der Waals surface area contributed by atoms with E-state index in [0.29, 0.717) is 11.3 Å². The average Bonchev–Trinajstić information content (AvgIpc) is 2.66. The molecule has 0 aromatic heterocycles. The van der Waals surface area contributed by atoms with Gasteiger partial charge in [0.2, 0.25) is 0 Å². The Kier molecular flexibility index (Phi) is 6.39. The normalized spacial score (nSPS) is 11.3. The van der Waals surface area contributed by atoms with Crippen LogP contribution >= 0.6 is 0 Å². The molecule has 0 fully saturated rings. The van der Waals surface area contributed by atoms with Gasteiger partial charge in [-0.25, -0.2) is 4.79 Å². The number of amides is 1. The van der Waals surface area contributed by atoms with E-state index in [4.69, 9.17) is 14.2 Å². The molecule has 2 rings (SSSR count). The minimum atomic E-state index is -0.560. The number of carbonyl (C=O) groups excluding carboxylic acids is 2. The molecule has 1 atom stereocenters. The van der Waals surface area contributed by atoms with Gasteiger partial charge < -0.3 is 19.5 Å². The third-order valence-electron chi connectivity index (χ3n) is 3.65. The van der Waals surface area contributed by atoms with Gasteiger partial charge in [-0.3, -0.25) is 4.79 Å². The van der Waals surface area contributed by atoms with E-state index < -0.39 is 5.97 Å². The number of nitrogens with one attached hydrogen (secondary N) is 1. The largest absolute Gasteiger partial charge is 0.497 e. The predicted molar refractivity (Wildman–Crippen MR) is 92.8 cm³/mol. The number of rotatable bonds is 7. The maximum absolute atomic E-state index is 12.0. The molecule has 6 nitrogen and oxygen atoms in total. The molecule has 0 aliphatic heterocycles. The molecular weight excluding hydrogens is 322 g/mol. The van der Waals surface area contributed by atoms with Gasteiger partial charge in [0, 0.05) is 0 Å². The minimum Gasteiger partial charge on any atom is -0.497 e. The molecule has 0 bridgehead atoms. The van der Waals surface area contributed by atoms with Crippen LogP contribution in [0.5, 0.6) is 11.5 Å². The third kappa shape index (κ3) is 5.24. The summed E-state index contributed by atoms with van der Waals surface area (Å²) in [6, 6.07) is 13.6. The Bertz CT molecular complexity index is 710. The molecule has 0 saturated heterocycles. The summed E-state index contributed by atoms with van der Waals surface area (Å²) >= 11 is 0. The fraction of sp³-hybridized carbons (Fsp3) is 0.263. The van der Waals surface area contributed by atoms with Crippen molar-refractivity contribution in [1.82, 2.24) is 5.32 Å². The summed E-state index contributed by atoms with van der Waals surface area (Å²) in [5.74, 6) is 0.457. The molecule has 0 aliphatic rings. The van der Waals surface area contributed by atoms with Crippen molar-refractivity contribution in [3.05, 3.63) is 59.7 Å². The number of esters is 1. The summed E-state index contributed by atoms with van der Waals surface area (Å²) in [5.41, 5.74) is 1.28. The van der Waals surface area contributed by atoms with Crippen LogP contribution in [0, 0.1) is 0 Å². The fourth-order valence-corrected chi connectivity index (χ4v) is 2.20. The molecule has 1 amide bonds. The molecule has 2 aromatic rings. The number of benzene rings is 2. The molecule has 2 aromatic carbocycles. The van der Waals surface area contributed by atoms with Crippen molar-refractivity contribution in [1.29, 1.82) is 0 Å². The van der Waals surface area contributed by atoms with Crippen LogP contribution in [-0.2, 0) is 9.53 Å². The van der Waals surface area contributed by atoms with Gasteiger partial charge in [0.15, 0.2) is 6.61 Å². The van der Waals surface area contributed by atoms with Crippen LogP contribution in [0.2, 0.25) is 0 Å². The Morgan fingerprint density at radius 3 is 1.96 bits per heavy atom. The summed E-state index contributed by atoms with van der Waals surface area (Å²) in [4.78, 5) is 23.9. The lowest BCUT2D eigenvalue weighted by Crippen LogP contribution is -2.31. The lowest BCUT2D eigenvalue weighted by molar-refractivity contribution is -0.124.